The van der Waals surface area contributed by atoms with Crippen LogP contribution >= 0.6 is 11.6 Å². The number of alkyl halides is 2. The van der Waals surface area contributed by atoms with Crippen LogP contribution in [-0.4, -0.2) is 60.2 Å². The van der Waals surface area contributed by atoms with Crippen LogP contribution in [0, 0.1) is 24.0 Å². The third-order valence-electron chi connectivity index (χ3n) is 7.65. The number of methoxy groups -OCH3 is 1. The number of phenols is 1. The summed E-state index contributed by atoms with van der Waals surface area (Å²) in [5.74, 6) is 0.444. The summed E-state index contributed by atoms with van der Waals surface area (Å²) in [6, 6.07) is 3.84. The van der Waals surface area contributed by atoms with Crippen molar-refractivity contribution < 1.29 is 32.1 Å². The summed E-state index contributed by atoms with van der Waals surface area (Å²) >= 11 is 6.88. The van der Waals surface area contributed by atoms with Gasteiger partial charge in [0.1, 0.15) is 35.3 Å². The van der Waals surface area contributed by atoms with Crippen LogP contribution < -0.4 is 20.1 Å². The molecule has 13 heteroatoms. The molecule has 0 aliphatic carbocycles. The zero-order valence-electron chi connectivity index (χ0n) is 23.2. The molecule has 6 rings (SSSR count). The number of dihydropyridines is 1. The molecule has 0 bridgehead atoms. The Morgan fingerprint density at radius 1 is 1.23 bits per heavy atom. The molecule has 0 fully saturated rings. The minimum Gasteiger partial charge on any atom is -0.508 e. The van der Waals surface area contributed by atoms with E-state index in [-0.39, 0.29) is 80.3 Å². The highest BCUT2D eigenvalue weighted by molar-refractivity contribution is 6.37. The lowest BCUT2D eigenvalue weighted by molar-refractivity contribution is 0.131. The van der Waals surface area contributed by atoms with Gasteiger partial charge in [0.15, 0.2) is 11.6 Å². The summed E-state index contributed by atoms with van der Waals surface area (Å²) in [5.41, 5.74) is 5.79. The Bertz CT molecular complexity index is 1940. The number of ether oxygens (including phenoxy) is 2. The van der Waals surface area contributed by atoms with E-state index in [2.05, 4.69) is 20.9 Å². The van der Waals surface area contributed by atoms with Gasteiger partial charge in [-0.05, 0) is 35.6 Å². The summed E-state index contributed by atoms with van der Waals surface area (Å²) in [4.78, 5) is 14.5. The number of halogens is 5. The zero-order chi connectivity index (χ0) is 31.3. The molecule has 0 amide bonds. The number of rotatable bonds is 6. The number of hydrogen-bond donors (Lipinski definition) is 2. The smallest absolute Gasteiger partial charge is 0.318 e. The molecule has 2 aliphatic heterocycles. The van der Waals surface area contributed by atoms with E-state index in [1.807, 2.05) is 0 Å². The largest absolute Gasteiger partial charge is 0.508 e. The topological polar surface area (TPSA) is 106 Å². The Morgan fingerprint density at radius 3 is 2.73 bits per heavy atom. The highest BCUT2D eigenvalue weighted by atomic mass is 35.5. The maximum atomic E-state index is 16.8. The standard InChI is InChI=1S/C31H24ClF4N5O3/c1-3-16-19(33)7-6-14-11-15(42)12-18(22(14)16)23-25(32)28-24-27(26(23)36)39-31(43-2)40-30(24)41(9-10-44-28)20(13-21(34)35)17-5-4-8-38-29(17)37/h1,5-7,11-12,20-21,42H,4,8-10,13H2,2H3,(H2,37,38)/t20-/m1/s1. The molecule has 4 aromatic rings. The number of fused-ring (bicyclic) bond motifs is 1. The van der Waals surface area contributed by atoms with Gasteiger partial charge in [-0.25, -0.2) is 17.6 Å². The van der Waals surface area contributed by atoms with Crippen molar-refractivity contribution in [3.8, 4) is 41.0 Å². The second-order valence-corrected chi connectivity index (χ2v) is 10.5. The van der Waals surface area contributed by atoms with Gasteiger partial charge in [-0.15, -0.1) is 6.42 Å². The van der Waals surface area contributed by atoms with Gasteiger partial charge in [0, 0.05) is 29.5 Å². The van der Waals surface area contributed by atoms with E-state index in [1.54, 1.807) is 11.0 Å². The minimum atomic E-state index is -2.73. The van der Waals surface area contributed by atoms with Crippen LogP contribution in [0.25, 0.3) is 32.8 Å². The number of aliphatic imine (C=N–C) groups is 1. The first-order valence-corrected chi connectivity index (χ1v) is 13.9. The van der Waals surface area contributed by atoms with Crippen molar-refractivity contribution in [2.24, 2.45) is 10.7 Å². The van der Waals surface area contributed by atoms with E-state index in [1.165, 1.54) is 25.3 Å². The van der Waals surface area contributed by atoms with Gasteiger partial charge >= 0.3 is 6.01 Å². The van der Waals surface area contributed by atoms with Crippen molar-refractivity contribution in [3.63, 3.8) is 0 Å². The predicted molar refractivity (Wildman–Crippen MR) is 160 cm³/mol. The number of nitrogens with zero attached hydrogens (tertiary/aromatic N) is 4. The van der Waals surface area contributed by atoms with Crippen molar-refractivity contribution in [3.05, 3.63) is 58.1 Å². The Balaban J connectivity index is 1.68. The second kappa shape index (κ2) is 11.4. The molecule has 3 aromatic carbocycles. The van der Waals surface area contributed by atoms with Crippen LogP contribution in [0.1, 0.15) is 18.4 Å². The lowest BCUT2D eigenvalue weighted by atomic mass is 9.92. The van der Waals surface area contributed by atoms with Crippen LogP contribution in [0.5, 0.6) is 17.5 Å². The highest BCUT2D eigenvalue weighted by Crippen LogP contribution is 2.50. The van der Waals surface area contributed by atoms with Crippen molar-refractivity contribution in [1.29, 1.82) is 0 Å². The van der Waals surface area contributed by atoms with Crippen molar-refractivity contribution >= 4 is 44.9 Å². The molecule has 3 heterocycles. The maximum Gasteiger partial charge on any atom is 0.318 e. The number of anilines is 1. The highest BCUT2D eigenvalue weighted by Gasteiger charge is 2.36. The maximum absolute atomic E-state index is 16.8. The first kappa shape index (κ1) is 29.3. The Kier molecular flexibility index (Phi) is 7.59. The van der Waals surface area contributed by atoms with Gasteiger partial charge in [0.05, 0.1) is 35.7 Å². The molecule has 0 radical (unpaired) electrons. The summed E-state index contributed by atoms with van der Waals surface area (Å²) in [5, 5.41) is 10.8. The van der Waals surface area contributed by atoms with E-state index >= 15 is 4.39 Å². The van der Waals surface area contributed by atoms with Crippen LogP contribution in [-0.2, 0) is 0 Å². The van der Waals surface area contributed by atoms with E-state index in [0.29, 0.717) is 23.9 Å². The zero-order valence-corrected chi connectivity index (χ0v) is 23.9. The molecule has 0 spiro atoms. The molecular formula is C31H24ClF4N5O3. The van der Waals surface area contributed by atoms with Gasteiger partial charge in [-0.3, -0.25) is 4.99 Å². The molecule has 3 N–H and O–H groups in total. The summed E-state index contributed by atoms with van der Waals surface area (Å²) in [6.45, 7) is 0.376. The minimum absolute atomic E-state index is 0.00792. The summed E-state index contributed by atoms with van der Waals surface area (Å²) < 4.78 is 71.1. The van der Waals surface area contributed by atoms with E-state index in [9.17, 15) is 18.3 Å². The Hall–Kier alpha value is -4.76. The first-order chi connectivity index (χ1) is 21.1. The number of terminal acetylenes is 1. The third-order valence-corrected chi connectivity index (χ3v) is 8.01. The summed E-state index contributed by atoms with van der Waals surface area (Å²) in [7, 11) is 1.27. The molecule has 2 aliphatic rings. The lowest BCUT2D eigenvalue weighted by Crippen LogP contribution is -2.44. The van der Waals surface area contributed by atoms with Gasteiger partial charge < -0.3 is 25.2 Å². The molecule has 1 aromatic heterocycles. The molecular weight excluding hydrogens is 602 g/mol. The monoisotopic (exact) mass is 625 g/mol. The van der Waals surface area contributed by atoms with Crippen molar-refractivity contribution in [2.75, 3.05) is 31.7 Å². The Morgan fingerprint density at radius 2 is 2.02 bits per heavy atom. The molecule has 0 saturated carbocycles. The average molecular weight is 626 g/mol. The normalized spacial score (nSPS) is 15.5. The predicted octanol–water partition coefficient (Wildman–Crippen LogP) is 5.99. The third kappa shape index (κ3) is 4.77. The molecule has 0 saturated heterocycles. The van der Waals surface area contributed by atoms with Crippen molar-refractivity contribution in [1.82, 2.24) is 9.97 Å². The molecule has 1 atom stereocenters. The fourth-order valence-corrected chi connectivity index (χ4v) is 6.16. The van der Waals surface area contributed by atoms with Gasteiger partial charge in [-0.2, -0.15) is 9.97 Å². The van der Waals surface area contributed by atoms with Crippen LogP contribution in [0.2, 0.25) is 5.02 Å². The molecule has 0 unspecified atom stereocenters. The quantitative estimate of drug-likeness (QED) is 0.200. The number of amidine groups is 1. The average Bonchev–Trinajstić information content (AvgIpc) is 3.19. The molecule has 44 heavy (non-hydrogen) atoms. The number of aromatic nitrogens is 2. The molecule has 8 nitrogen and oxygen atoms in total. The first-order valence-electron chi connectivity index (χ1n) is 13.5. The number of aromatic hydroxyl groups is 1. The van der Waals surface area contributed by atoms with Crippen LogP contribution in [0.4, 0.5) is 23.4 Å². The fraction of sp³-hybridized carbons (Fsp3) is 0.258. The number of hydrogen-bond acceptors (Lipinski definition) is 8. The molecule has 226 valence electrons. The summed E-state index contributed by atoms with van der Waals surface area (Å²) in [6.07, 6.45) is 4.53. The second-order valence-electron chi connectivity index (χ2n) is 10.1. The SMILES string of the molecule is C#Cc1c(F)ccc2cc(O)cc(-c3c(Cl)c4c5c(nc(OC)nc5c3F)N([C@H](CC(F)F)C3=CCCN=C3N)CCO4)c12. The van der Waals surface area contributed by atoms with Crippen LogP contribution in [0.15, 0.2) is 40.9 Å². The van der Waals surface area contributed by atoms with Crippen LogP contribution in [0.3, 0.4) is 0 Å². The van der Waals surface area contributed by atoms with E-state index in [4.69, 9.17) is 33.2 Å². The number of nitrogens with two attached hydrogens (primary N) is 1. The van der Waals surface area contributed by atoms with Crippen molar-refractivity contribution in [2.45, 2.75) is 25.3 Å². The van der Waals surface area contributed by atoms with E-state index < -0.39 is 30.5 Å². The van der Waals surface area contributed by atoms with Gasteiger partial charge in [0.25, 0.3) is 0 Å². The number of benzene rings is 3. The fourth-order valence-electron chi connectivity index (χ4n) is 5.82. The Labute approximate surface area is 253 Å². The van der Waals surface area contributed by atoms with Gasteiger partial charge in [0.2, 0.25) is 6.43 Å². The number of phenolic OH excluding ortho intramolecular Hbond substituents is 1. The lowest BCUT2D eigenvalue weighted by Gasteiger charge is -2.34. The van der Waals surface area contributed by atoms with Gasteiger partial charge in [-0.1, -0.05) is 29.7 Å². The van der Waals surface area contributed by atoms with E-state index in [0.717, 1.165) is 6.07 Å².